The summed E-state index contributed by atoms with van der Waals surface area (Å²) in [6.45, 7) is 0.704. The van der Waals surface area contributed by atoms with Crippen molar-refractivity contribution < 1.29 is 15.0 Å². The molecule has 5 nitrogen and oxygen atoms in total. The van der Waals surface area contributed by atoms with E-state index in [2.05, 4.69) is 22.3 Å². The van der Waals surface area contributed by atoms with Crippen molar-refractivity contribution in [2.75, 3.05) is 20.2 Å². The third kappa shape index (κ3) is 4.29. The maximum absolute atomic E-state index is 11.6. The summed E-state index contributed by atoms with van der Waals surface area (Å²) in [7, 11) is 1.62. The molecule has 0 radical (unpaired) electrons. The highest BCUT2D eigenvalue weighted by Crippen LogP contribution is 2.27. The monoisotopic (exact) mass is 306 g/mol. The van der Waals surface area contributed by atoms with Gasteiger partial charge in [0, 0.05) is 19.5 Å². The maximum Gasteiger partial charge on any atom is 0.221 e. The summed E-state index contributed by atoms with van der Waals surface area (Å²) in [5.41, 5.74) is 1.28. The Kier molecular flexibility index (Phi) is 6.36. The number of benzene rings is 1. The van der Waals surface area contributed by atoms with Crippen LogP contribution in [0.5, 0.6) is 0 Å². The summed E-state index contributed by atoms with van der Waals surface area (Å²) in [4.78, 5) is 13.7. The number of likely N-dealkylation sites (tertiary alicyclic amines) is 1. The minimum absolute atomic E-state index is 0.00266. The number of aliphatic hydroxyl groups is 2. The SMILES string of the molecule is CNC(=O)CC1C[C@H](O)[C@@H](CO)N1CCCc1ccccc1. The predicted octanol–water partition coefficient (Wildman–Crippen LogP) is 0.551. The van der Waals surface area contributed by atoms with E-state index in [9.17, 15) is 15.0 Å². The number of hydrogen-bond donors (Lipinski definition) is 3. The van der Waals surface area contributed by atoms with Crippen LogP contribution in [0.25, 0.3) is 0 Å². The number of nitrogens with zero attached hydrogens (tertiary/aromatic N) is 1. The van der Waals surface area contributed by atoms with Crippen LogP contribution in [0.3, 0.4) is 0 Å². The molecule has 0 bridgehead atoms. The second-order valence-corrected chi connectivity index (χ2v) is 5.91. The van der Waals surface area contributed by atoms with Crippen molar-refractivity contribution in [2.24, 2.45) is 0 Å². The summed E-state index contributed by atoms with van der Waals surface area (Å²) in [6.07, 6.45) is 2.26. The summed E-state index contributed by atoms with van der Waals surface area (Å²) in [6, 6.07) is 10.0. The molecule has 1 aromatic rings. The molecule has 5 heteroatoms. The zero-order chi connectivity index (χ0) is 15.9. The van der Waals surface area contributed by atoms with E-state index in [-0.39, 0.29) is 24.6 Å². The molecule has 1 saturated heterocycles. The zero-order valence-corrected chi connectivity index (χ0v) is 13.1. The van der Waals surface area contributed by atoms with Gasteiger partial charge in [0.25, 0.3) is 0 Å². The highest BCUT2D eigenvalue weighted by Gasteiger charge is 2.40. The zero-order valence-electron chi connectivity index (χ0n) is 13.1. The molecule has 1 unspecified atom stereocenters. The van der Waals surface area contributed by atoms with Crippen molar-refractivity contribution in [3.8, 4) is 0 Å². The minimum Gasteiger partial charge on any atom is -0.395 e. The van der Waals surface area contributed by atoms with E-state index in [0.717, 1.165) is 19.4 Å². The molecule has 0 aromatic heterocycles. The average Bonchev–Trinajstić information content (AvgIpc) is 2.83. The third-order valence-corrected chi connectivity index (χ3v) is 4.46. The van der Waals surface area contributed by atoms with Gasteiger partial charge in [0.15, 0.2) is 0 Å². The quantitative estimate of drug-likeness (QED) is 0.688. The molecule has 22 heavy (non-hydrogen) atoms. The lowest BCUT2D eigenvalue weighted by atomic mass is 10.1. The summed E-state index contributed by atoms with van der Waals surface area (Å²) in [5.74, 6) is -0.0242. The number of aliphatic hydroxyl groups excluding tert-OH is 2. The molecule has 1 aromatic carbocycles. The molecule has 3 atom stereocenters. The fourth-order valence-corrected chi connectivity index (χ4v) is 3.27. The Bertz CT molecular complexity index is 466. The Morgan fingerprint density at radius 1 is 1.36 bits per heavy atom. The molecule has 0 spiro atoms. The molecule has 3 N–H and O–H groups in total. The highest BCUT2D eigenvalue weighted by atomic mass is 16.3. The molecular formula is C17H26N2O3. The molecule has 1 amide bonds. The van der Waals surface area contributed by atoms with Crippen molar-refractivity contribution in [3.63, 3.8) is 0 Å². The summed E-state index contributed by atoms with van der Waals surface area (Å²) >= 11 is 0. The number of amides is 1. The highest BCUT2D eigenvalue weighted by molar-refractivity contribution is 5.76. The number of nitrogens with one attached hydrogen (secondary N) is 1. The van der Waals surface area contributed by atoms with Crippen LogP contribution >= 0.6 is 0 Å². The molecule has 1 fully saturated rings. The Hall–Kier alpha value is -1.43. The van der Waals surface area contributed by atoms with Gasteiger partial charge in [-0.15, -0.1) is 0 Å². The van der Waals surface area contributed by atoms with Crippen LogP contribution in [0.15, 0.2) is 30.3 Å². The topological polar surface area (TPSA) is 72.8 Å². The Labute approximate surface area is 131 Å². The van der Waals surface area contributed by atoms with Gasteiger partial charge in [0.2, 0.25) is 5.91 Å². The first-order valence-electron chi connectivity index (χ1n) is 7.95. The first-order chi connectivity index (χ1) is 10.7. The molecule has 1 aliphatic heterocycles. The number of carbonyl (C=O) groups is 1. The molecule has 0 saturated carbocycles. The standard InChI is InChI=1S/C17H26N2O3/c1-18-17(22)11-14-10-16(21)15(12-20)19(14)9-5-8-13-6-3-2-4-7-13/h2-4,6-7,14-16,20-21H,5,8-12H2,1H3,(H,18,22)/t14?,15-,16+/m1/s1. The van der Waals surface area contributed by atoms with E-state index in [0.29, 0.717) is 12.8 Å². The largest absolute Gasteiger partial charge is 0.395 e. The summed E-state index contributed by atoms with van der Waals surface area (Å²) in [5, 5.41) is 22.3. The molecular weight excluding hydrogens is 280 g/mol. The predicted molar refractivity (Wildman–Crippen MR) is 85.4 cm³/mol. The summed E-state index contributed by atoms with van der Waals surface area (Å²) < 4.78 is 0. The first-order valence-corrected chi connectivity index (χ1v) is 7.95. The molecule has 2 rings (SSSR count). The van der Waals surface area contributed by atoms with E-state index >= 15 is 0 Å². The molecule has 1 heterocycles. The van der Waals surface area contributed by atoms with Crippen LogP contribution in [0, 0.1) is 0 Å². The van der Waals surface area contributed by atoms with Gasteiger partial charge in [0.05, 0.1) is 18.8 Å². The lowest BCUT2D eigenvalue weighted by Crippen LogP contribution is -2.43. The average molecular weight is 306 g/mol. The van der Waals surface area contributed by atoms with E-state index < -0.39 is 6.10 Å². The van der Waals surface area contributed by atoms with Crippen LogP contribution < -0.4 is 5.32 Å². The van der Waals surface area contributed by atoms with Crippen molar-refractivity contribution in [1.82, 2.24) is 10.2 Å². The van der Waals surface area contributed by atoms with Crippen molar-refractivity contribution in [3.05, 3.63) is 35.9 Å². The van der Waals surface area contributed by atoms with Gasteiger partial charge in [-0.1, -0.05) is 30.3 Å². The fraction of sp³-hybridized carbons (Fsp3) is 0.588. The lowest BCUT2D eigenvalue weighted by molar-refractivity contribution is -0.121. The Morgan fingerprint density at radius 2 is 2.09 bits per heavy atom. The van der Waals surface area contributed by atoms with Crippen LogP contribution in [0.2, 0.25) is 0 Å². The Balaban J connectivity index is 1.92. The second-order valence-electron chi connectivity index (χ2n) is 5.91. The van der Waals surface area contributed by atoms with Gasteiger partial charge in [-0.3, -0.25) is 9.69 Å². The Morgan fingerprint density at radius 3 is 2.73 bits per heavy atom. The van der Waals surface area contributed by atoms with E-state index in [4.69, 9.17) is 0 Å². The molecule has 0 aliphatic carbocycles. The van der Waals surface area contributed by atoms with Gasteiger partial charge in [-0.25, -0.2) is 0 Å². The minimum atomic E-state index is -0.559. The van der Waals surface area contributed by atoms with Crippen LogP contribution in [-0.2, 0) is 11.2 Å². The number of aryl methyl sites for hydroxylation is 1. The van der Waals surface area contributed by atoms with E-state index in [1.165, 1.54) is 5.56 Å². The van der Waals surface area contributed by atoms with Crippen molar-refractivity contribution in [2.45, 2.75) is 43.9 Å². The fourth-order valence-electron chi connectivity index (χ4n) is 3.27. The normalized spacial score (nSPS) is 25.3. The number of hydrogen-bond acceptors (Lipinski definition) is 4. The smallest absolute Gasteiger partial charge is 0.221 e. The molecule has 1 aliphatic rings. The van der Waals surface area contributed by atoms with E-state index in [1.54, 1.807) is 7.05 Å². The van der Waals surface area contributed by atoms with Crippen molar-refractivity contribution >= 4 is 5.91 Å². The van der Waals surface area contributed by atoms with Crippen molar-refractivity contribution in [1.29, 1.82) is 0 Å². The number of rotatable bonds is 7. The third-order valence-electron chi connectivity index (χ3n) is 4.46. The first kappa shape index (κ1) is 16.9. The lowest BCUT2D eigenvalue weighted by Gasteiger charge is -2.29. The van der Waals surface area contributed by atoms with Gasteiger partial charge in [0.1, 0.15) is 0 Å². The van der Waals surface area contributed by atoms with Gasteiger partial charge in [-0.2, -0.15) is 0 Å². The maximum atomic E-state index is 11.6. The van der Waals surface area contributed by atoms with Gasteiger partial charge < -0.3 is 15.5 Å². The van der Waals surface area contributed by atoms with E-state index in [1.807, 2.05) is 18.2 Å². The van der Waals surface area contributed by atoms with Crippen LogP contribution in [0.4, 0.5) is 0 Å². The van der Waals surface area contributed by atoms with Gasteiger partial charge in [-0.05, 0) is 31.4 Å². The van der Waals surface area contributed by atoms with Crippen LogP contribution in [-0.4, -0.2) is 59.4 Å². The van der Waals surface area contributed by atoms with Gasteiger partial charge >= 0.3 is 0 Å². The molecule has 122 valence electrons. The second kappa shape index (κ2) is 8.27. The number of carbonyl (C=O) groups excluding carboxylic acids is 1. The van der Waals surface area contributed by atoms with Crippen LogP contribution in [0.1, 0.15) is 24.8 Å².